The van der Waals surface area contributed by atoms with Crippen molar-refractivity contribution in [3.8, 4) is 11.3 Å². The Morgan fingerprint density at radius 2 is 1.81 bits per heavy atom. The Morgan fingerprint density at radius 1 is 1.12 bits per heavy atom. The van der Waals surface area contributed by atoms with E-state index in [1.165, 1.54) is 0 Å². The van der Waals surface area contributed by atoms with Gasteiger partial charge >= 0.3 is 6.09 Å². The number of rotatable bonds is 6. The van der Waals surface area contributed by atoms with Gasteiger partial charge in [0.1, 0.15) is 0 Å². The lowest BCUT2D eigenvalue weighted by molar-refractivity contribution is 0.190. The summed E-state index contributed by atoms with van der Waals surface area (Å²) in [6.45, 7) is 1.76. The monoisotopic (exact) mass is 352 g/mol. The Labute approximate surface area is 151 Å². The van der Waals surface area contributed by atoms with Gasteiger partial charge in [0.2, 0.25) is 0 Å². The van der Waals surface area contributed by atoms with E-state index in [4.69, 9.17) is 4.52 Å². The van der Waals surface area contributed by atoms with Crippen LogP contribution in [0.2, 0.25) is 0 Å². The number of aliphatic hydroxyl groups excluding tert-OH is 1. The van der Waals surface area contributed by atoms with Gasteiger partial charge in [-0.15, -0.1) is 0 Å². The van der Waals surface area contributed by atoms with Crippen molar-refractivity contribution in [2.45, 2.75) is 26.0 Å². The molecule has 0 aliphatic rings. The molecule has 0 unspecified atom stereocenters. The third-order valence-electron chi connectivity index (χ3n) is 4.24. The smallest absolute Gasteiger partial charge is 0.405 e. The van der Waals surface area contributed by atoms with Crippen LogP contribution in [0, 0.1) is 6.92 Å². The molecule has 0 aliphatic heterocycles. The molecule has 3 aromatic rings. The number of nitrogens with zero attached hydrogens (tertiary/aromatic N) is 1. The van der Waals surface area contributed by atoms with E-state index < -0.39 is 12.1 Å². The van der Waals surface area contributed by atoms with Crippen LogP contribution < -0.4 is 5.32 Å². The minimum absolute atomic E-state index is 0.0419. The number of carboxylic acid groups (broad SMARTS) is 1. The van der Waals surface area contributed by atoms with Gasteiger partial charge in [0.15, 0.2) is 5.76 Å². The Bertz CT molecular complexity index is 873. The van der Waals surface area contributed by atoms with Crippen LogP contribution in [-0.2, 0) is 13.0 Å². The first-order chi connectivity index (χ1) is 12.6. The van der Waals surface area contributed by atoms with Crippen LogP contribution in [0.5, 0.6) is 0 Å². The highest BCUT2D eigenvalue weighted by Crippen LogP contribution is 2.33. The van der Waals surface area contributed by atoms with E-state index in [9.17, 15) is 15.0 Å². The lowest BCUT2D eigenvalue weighted by Crippen LogP contribution is -2.29. The van der Waals surface area contributed by atoms with Crippen molar-refractivity contribution in [2.75, 3.05) is 0 Å². The molecular weight excluding hydrogens is 332 g/mol. The molecule has 1 heterocycles. The van der Waals surface area contributed by atoms with E-state index in [1.807, 2.05) is 42.5 Å². The number of hydrogen-bond acceptors (Lipinski definition) is 4. The summed E-state index contributed by atoms with van der Waals surface area (Å²) in [6, 6.07) is 16.4. The van der Waals surface area contributed by atoms with Crippen LogP contribution in [-0.4, -0.2) is 21.5 Å². The van der Waals surface area contributed by atoms with Gasteiger partial charge in [-0.3, -0.25) is 0 Å². The second-order valence-corrected chi connectivity index (χ2v) is 6.06. The number of amides is 1. The van der Waals surface area contributed by atoms with Crippen LogP contribution >= 0.6 is 0 Å². The molecule has 1 amide bonds. The average Bonchev–Trinajstić information content (AvgIpc) is 3.03. The molecule has 0 fully saturated rings. The SMILES string of the molecule is Cc1noc(-c2ccc(CO)cc2)c1[C@@H](Cc1ccccc1)NC(=O)O. The maximum Gasteiger partial charge on any atom is 0.405 e. The topological polar surface area (TPSA) is 95.6 Å². The van der Waals surface area contributed by atoms with E-state index >= 15 is 0 Å². The normalized spacial score (nSPS) is 11.9. The largest absolute Gasteiger partial charge is 0.465 e. The minimum atomic E-state index is -1.10. The third kappa shape index (κ3) is 3.92. The summed E-state index contributed by atoms with van der Waals surface area (Å²) >= 11 is 0. The highest BCUT2D eigenvalue weighted by molar-refractivity contribution is 5.68. The Kier molecular flexibility index (Phi) is 5.34. The molecule has 26 heavy (non-hydrogen) atoms. The summed E-state index contributed by atoms with van der Waals surface area (Å²) in [4.78, 5) is 11.3. The minimum Gasteiger partial charge on any atom is -0.465 e. The molecule has 134 valence electrons. The van der Waals surface area contributed by atoms with Gasteiger partial charge in [-0.05, 0) is 24.5 Å². The van der Waals surface area contributed by atoms with E-state index in [1.54, 1.807) is 19.1 Å². The Morgan fingerprint density at radius 3 is 2.42 bits per heavy atom. The molecule has 0 spiro atoms. The van der Waals surface area contributed by atoms with Gasteiger partial charge in [-0.25, -0.2) is 4.79 Å². The fourth-order valence-corrected chi connectivity index (χ4v) is 2.98. The molecule has 6 heteroatoms. The number of aryl methyl sites for hydroxylation is 1. The van der Waals surface area contributed by atoms with E-state index in [2.05, 4.69) is 10.5 Å². The van der Waals surface area contributed by atoms with Crippen molar-refractivity contribution >= 4 is 6.09 Å². The summed E-state index contributed by atoms with van der Waals surface area (Å²) < 4.78 is 5.51. The second kappa shape index (κ2) is 7.84. The standard InChI is InChI=1S/C20H20N2O4/c1-13-18(17(21-20(24)25)11-14-5-3-2-4-6-14)19(26-22-13)16-9-7-15(12-23)8-10-16/h2-10,17,21,23H,11-12H2,1H3,(H,24,25)/t17-/m1/s1. The summed E-state index contributed by atoms with van der Waals surface area (Å²) in [5.74, 6) is 0.529. The van der Waals surface area contributed by atoms with Gasteiger partial charge in [-0.1, -0.05) is 59.8 Å². The molecule has 2 aromatic carbocycles. The lowest BCUT2D eigenvalue weighted by atomic mass is 9.95. The van der Waals surface area contributed by atoms with Crippen molar-refractivity contribution in [1.82, 2.24) is 10.5 Å². The van der Waals surface area contributed by atoms with Crippen molar-refractivity contribution in [3.63, 3.8) is 0 Å². The molecule has 0 radical (unpaired) electrons. The van der Waals surface area contributed by atoms with Gasteiger partial charge in [-0.2, -0.15) is 0 Å². The third-order valence-corrected chi connectivity index (χ3v) is 4.24. The number of carbonyl (C=O) groups is 1. The van der Waals surface area contributed by atoms with Crippen molar-refractivity contribution < 1.29 is 19.5 Å². The molecular formula is C20H20N2O4. The molecule has 0 aliphatic carbocycles. The molecule has 0 bridgehead atoms. The highest BCUT2D eigenvalue weighted by atomic mass is 16.5. The van der Waals surface area contributed by atoms with Gasteiger partial charge in [0.25, 0.3) is 0 Å². The van der Waals surface area contributed by atoms with Crippen LogP contribution in [0.25, 0.3) is 11.3 Å². The predicted octanol–water partition coefficient (Wildman–Crippen LogP) is 3.69. The maximum absolute atomic E-state index is 11.3. The molecule has 0 saturated heterocycles. The van der Waals surface area contributed by atoms with Gasteiger partial charge in [0.05, 0.1) is 18.3 Å². The average molecular weight is 352 g/mol. The number of aliphatic hydroxyl groups is 1. The summed E-state index contributed by atoms with van der Waals surface area (Å²) in [5.41, 5.74) is 3.93. The van der Waals surface area contributed by atoms with Gasteiger partial charge in [0, 0.05) is 11.1 Å². The van der Waals surface area contributed by atoms with Crippen LogP contribution in [0.4, 0.5) is 4.79 Å². The zero-order chi connectivity index (χ0) is 18.5. The summed E-state index contributed by atoms with van der Waals surface area (Å²) in [5, 5.41) is 25.1. The van der Waals surface area contributed by atoms with Crippen LogP contribution in [0.3, 0.4) is 0 Å². The van der Waals surface area contributed by atoms with Crippen molar-refractivity contribution in [1.29, 1.82) is 0 Å². The lowest BCUT2D eigenvalue weighted by Gasteiger charge is -2.18. The fourth-order valence-electron chi connectivity index (χ4n) is 2.98. The number of hydrogen-bond donors (Lipinski definition) is 3. The van der Waals surface area contributed by atoms with Gasteiger partial charge < -0.3 is 20.1 Å². The first-order valence-electron chi connectivity index (χ1n) is 8.28. The molecule has 3 rings (SSSR count). The highest BCUT2D eigenvalue weighted by Gasteiger charge is 2.25. The number of benzene rings is 2. The molecule has 0 saturated carbocycles. The van der Waals surface area contributed by atoms with E-state index in [-0.39, 0.29) is 6.61 Å². The Balaban J connectivity index is 2.00. The first-order valence-corrected chi connectivity index (χ1v) is 8.28. The van der Waals surface area contributed by atoms with E-state index in [0.717, 1.165) is 16.7 Å². The maximum atomic E-state index is 11.3. The zero-order valence-electron chi connectivity index (χ0n) is 14.3. The second-order valence-electron chi connectivity index (χ2n) is 6.06. The quantitative estimate of drug-likeness (QED) is 0.629. The summed E-state index contributed by atoms with van der Waals surface area (Å²) in [6.07, 6.45) is -0.621. The molecule has 1 atom stereocenters. The predicted molar refractivity (Wildman–Crippen MR) is 96.6 cm³/mol. The van der Waals surface area contributed by atoms with Crippen LogP contribution in [0.15, 0.2) is 59.1 Å². The van der Waals surface area contributed by atoms with E-state index in [0.29, 0.717) is 23.4 Å². The zero-order valence-corrected chi connectivity index (χ0v) is 14.3. The molecule has 6 nitrogen and oxygen atoms in total. The summed E-state index contributed by atoms with van der Waals surface area (Å²) in [7, 11) is 0. The van der Waals surface area contributed by atoms with Crippen molar-refractivity contribution in [2.24, 2.45) is 0 Å². The first kappa shape index (κ1) is 17.7. The fraction of sp³-hybridized carbons (Fsp3) is 0.200. The number of nitrogens with one attached hydrogen (secondary N) is 1. The van der Waals surface area contributed by atoms with Crippen molar-refractivity contribution in [3.05, 3.63) is 77.0 Å². The van der Waals surface area contributed by atoms with Crippen LogP contribution in [0.1, 0.15) is 28.4 Å². The number of aromatic nitrogens is 1. The molecule has 3 N–H and O–H groups in total. The molecule has 1 aromatic heterocycles. The Hall–Kier alpha value is -3.12.